The van der Waals surface area contributed by atoms with Crippen LogP contribution in [0.4, 0.5) is 5.69 Å². The number of carbonyl (C=O) groups excluding carboxylic acids is 1. The normalized spacial score (nSPS) is 15.7. The van der Waals surface area contributed by atoms with Gasteiger partial charge >= 0.3 is 13.9 Å². The summed E-state index contributed by atoms with van der Waals surface area (Å²) in [5.74, 6) is -0.685. The van der Waals surface area contributed by atoms with Crippen LogP contribution in [0, 0.1) is 24.0 Å². The zero-order valence-electron chi connectivity index (χ0n) is 16.4. The topological polar surface area (TPSA) is 121 Å². The molecule has 2 heterocycles. The zero-order valence-corrected chi connectivity index (χ0v) is 17.3. The Morgan fingerprint density at radius 2 is 1.93 bits per heavy atom. The van der Waals surface area contributed by atoms with E-state index in [4.69, 9.17) is 13.8 Å². The monoisotopic (exact) mass is 421 g/mol. The van der Waals surface area contributed by atoms with Gasteiger partial charge in [-0.1, -0.05) is 12.1 Å². The third-order valence-electron chi connectivity index (χ3n) is 4.48. The number of hydrogen-bond donors (Lipinski definition) is 1. The van der Waals surface area contributed by atoms with E-state index in [1.165, 1.54) is 18.2 Å². The van der Waals surface area contributed by atoms with Crippen molar-refractivity contribution in [1.29, 1.82) is 0 Å². The lowest BCUT2D eigenvalue weighted by Gasteiger charge is -2.25. The number of ether oxygens (including phenoxy) is 1. The molecule has 0 amide bonds. The van der Waals surface area contributed by atoms with Crippen LogP contribution in [-0.4, -0.2) is 40.6 Å². The number of nitrogens with zero attached hydrogens (tertiary/aromatic N) is 2. The molecule has 0 spiro atoms. The molecule has 154 valence electrons. The predicted octanol–water partition coefficient (Wildman–Crippen LogP) is 3.27. The minimum absolute atomic E-state index is 0.0490. The summed E-state index contributed by atoms with van der Waals surface area (Å²) in [5, 5.41) is 11.9. The molecule has 1 aromatic heterocycles. The highest BCUT2D eigenvalue weighted by atomic mass is 31.2. The number of aryl methyl sites for hydroxylation is 2. The van der Waals surface area contributed by atoms with E-state index in [0.29, 0.717) is 17.8 Å². The first kappa shape index (κ1) is 21.3. The van der Waals surface area contributed by atoms with Crippen LogP contribution in [0.1, 0.15) is 35.1 Å². The molecule has 10 heteroatoms. The summed E-state index contributed by atoms with van der Waals surface area (Å²) in [4.78, 5) is 39.6. The molecular weight excluding hydrogens is 399 g/mol. The summed E-state index contributed by atoms with van der Waals surface area (Å²) in [6, 6.07) is 6.01. The SMILES string of the molecule is CCOC(=O)c1c(C)nc(C)c([P+]2(O)OCCCO2)c1-c1ccccc1[N+](=O)[O-]. The number of para-hydroxylation sites is 1. The number of rotatable bonds is 5. The van der Waals surface area contributed by atoms with Gasteiger partial charge in [-0.3, -0.25) is 15.1 Å². The van der Waals surface area contributed by atoms with Crippen molar-refractivity contribution < 1.29 is 28.4 Å². The molecule has 1 fully saturated rings. The number of hydrogen-bond acceptors (Lipinski definition) is 8. The molecule has 2 aromatic rings. The Kier molecular flexibility index (Phi) is 6.24. The number of nitro benzene ring substituents is 1. The van der Waals surface area contributed by atoms with E-state index in [-0.39, 0.29) is 47.5 Å². The number of pyridine rings is 1. The maximum atomic E-state index is 12.8. The Balaban J connectivity index is 2.42. The van der Waals surface area contributed by atoms with Crippen molar-refractivity contribution in [3.8, 4) is 11.1 Å². The standard InChI is InChI=1S/C19H22N2O7P/c1-4-26-19(22)16-12(2)20-13(3)18(29(25)27-10-7-11-28-29)17(16)14-8-5-6-9-15(14)21(23)24/h5-6,8-9,25H,4,7,10-11H2,1-3H3/q+1. The van der Waals surface area contributed by atoms with E-state index in [0.717, 1.165) is 0 Å². The second kappa shape index (κ2) is 8.51. The van der Waals surface area contributed by atoms with Crippen molar-refractivity contribution in [2.24, 2.45) is 0 Å². The lowest BCUT2D eigenvalue weighted by atomic mass is 9.96. The van der Waals surface area contributed by atoms with Crippen LogP contribution in [0.15, 0.2) is 24.3 Å². The summed E-state index contributed by atoms with van der Waals surface area (Å²) in [6.45, 7) is 5.57. The van der Waals surface area contributed by atoms with Gasteiger partial charge in [-0.25, -0.2) is 4.79 Å². The Bertz CT molecular complexity index is 958. The Morgan fingerprint density at radius 3 is 2.55 bits per heavy atom. The van der Waals surface area contributed by atoms with Crippen molar-refractivity contribution in [2.75, 3.05) is 19.8 Å². The van der Waals surface area contributed by atoms with Crippen molar-refractivity contribution in [3.63, 3.8) is 0 Å². The maximum Gasteiger partial charge on any atom is 0.448 e. The highest BCUT2D eigenvalue weighted by molar-refractivity contribution is 7.69. The summed E-state index contributed by atoms with van der Waals surface area (Å²) in [7, 11) is -3.60. The summed E-state index contributed by atoms with van der Waals surface area (Å²) < 4.78 is 16.4. The number of benzene rings is 1. The molecule has 1 aromatic carbocycles. The number of esters is 1. The van der Waals surface area contributed by atoms with Crippen LogP contribution < -0.4 is 5.30 Å². The molecule has 0 unspecified atom stereocenters. The molecule has 9 nitrogen and oxygen atoms in total. The molecule has 0 aliphatic carbocycles. The van der Waals surface area contributed by atoms with Crippen LogP contribution in [0.25, 0.3) is 11.1 Å². The van der Waals surface area contributed by atoms with Gasteiger partial charge in [0.15, 0.2) is 0 Å². The van der Waals surface area contributed by atoms with Gasteiger partial charge in [-0.15, -0.1) is 0 Å². The van der Waals surface area contributed by atoms with Crippen molar-refractivity contribution in [1.82, 2.24) is 4.98 Å². The minimum Gasteiger partial charge on any atom is -0.462 e. The first-order chi connectivity index (χ1) is 13.8. The van der Waals surface area contributed by atoms with Crippen LogP contribution in [0.3, 0.4) is 0 Å². The van der Waals surface area contributed by atoms with Crippen LogP contribution in [0.5, 0.6) is 0 Å². The van der Waals surface area contributed by atoms with Crippen molar-refractivity contribution in [2.45, 2.75) is 27.2 Å². The first-order valence-corrected chi connectivity index (χ1v) is 10.7. The van der Waals surface area contributed by atoms with E-state index >= 15 is 0 Å². The first-order valence-electron chi connectivity index (χ1n) is 9.13. The molecule has 1 saturated heterocycles. The average molecular weight is 421 g/mol. The summed E-state index contributed by atoms with van der Waals surface area (Å²) >= 11 is 0. The van der Waals surface area contributed by atoms with Crippen LogP contribution in [0.2, 0.25) is 0 Å². The smallest absolute Gasteiger partial charge is 0.448 e. The molecule has 1 aliphatic rings. The van der Waals surface area contributed by atoms with Gasteiger partial charge in [0.2, 0.25) is 5.30 Å². The quantitative estimate of drug-likeness (QED) is 0.338. The highest BCUT2D eigenvalue weighted by Gasteiger charge is 2.52. The fourth-order valence-corrected chi connectivity index (χ4v) is 5.41. The van der Waals surface area contributed by atoms with E-state index in [1.807, 2.05) is 0 Å². The number of carbonyl (C=O) groups is 1. The van der Waals surface area contributed by atoms with E-state index in [1.54, 1.807) is 26.8 Å². The Labute approximate surface area is 168 Å². The molecule has 1 aliphatic heterocycles. The fraction of sp³-hybridized carbons (Fsp3) is 0.368. The van der Waals surface area contributed by atoms with Gasteiger partial charge in [0.1, 0.15) is 13.2 Å². The second-order valence-corrected chi connectivity index (χ2v) is 8.42. The van der Waals surface area contributed by atoms with Gasteiger partial charge in [0.05, 0.1) is 39.6 Å². The zero-order chi connectivity index (χ0) is 21.2. The van der Waals surface area contributed by atoms with Gasteiger partial charge in [0.25, 0.3) is 5.69 Å². The highest BCUT2D eigenvalue weighted by Crippen LogP contribution is 2.60. The van der Waals surface area contributed by atoms with E-state index in [2.05, 4.69) is 4.98 Å². The van der Waals surface area contributed by atoms with Crippen LogP contribution in [-0.2, 0) is 13.8 Å². The largest absolute Gasteiger partial charge is 0.462 e. The molecule has 0 radical (unpaired) electrons. The fourth-order valence-electron chi connectivity index (χ4n) is 3.35. The third-order valence-corrected chi connectivity index (χ3v) is 6.66. The van der Waals surface area contributed by atoms with Crippen molar-refractivity contribution >= 4 is 24.9 Å². The second-order valence-electron chi connectivity index (χ2n) is 6.42. The van der Waals surface area contributed by atoms with E-state index in [9.17, 15) is 19.8 Å². The van der Waals surface area contributed by atoms with Crippen molar-refractivity contribution in [3.05, 3.63) is 51.3 Å². The molecular formula is C19H22N2O7P+. The molecule has 3 rings (SSSR count). The molecule has 29 heavy (non-hydrogen) atoms. The van der Waals surface area contributed by atoms with Crippen LogP contribution >= 0.6 is 7.94 Å². The molecule has 0 bridgehead atoms. The Morgan fingerprint density at radius 1 is 1.28 bits per heavy atom. The number of nitro groups is 1. The maximum absolute atomic E-state index is 12.8. The summed E-state index contributed by atoms with van der Waals surface area (Å²) in [6.07, 6.45) is 0.603. The molecule has 1 N–H and O–H groups in total. The molecule has 0 atom stereocenters. The van der Waals surface area contributed by atoms with Gasteiger partial charge < -0.3 is 4.74 Å². The average Bonchev–Trinajstić information content (AvgIpc) is 2.67. The molecule has 0 saturated carbocycles. The lowest BCUT2D eigenvalue weighted by Crippen LogP contribution is -2.29. The number of aromatic nitrogens is 1. The Hall–Kier alpha value is -2.45. The van der Waals surface area contributed by atoms with Gasteiger partial charge in [0, 0.05) is 12.5 Å². The summed E-state index contributed by atoms with van der Waals surface area (Å²) in [5.41, 5.74) is 0.873. The lowest BCUT2D eigenvalue weighted by molar-refractivity contribution is -0.384. The van der Waals surface area contributed by atoms with E-state index < -0.39 is 18.8 Å². The van der Waals surface area contributed by atoms with Gasteiger partial charge in [-0.2, -0.15) is 13.9 Å². The predicted molar refractivity (Wildman–Crippen MR) is 107 cm³/mol. The third kappa shape index (κ3) is 4.00. The minimum atomic E-state index is -3.60. The van der Waals surface area contributed by atoms with Gasteiger partial charge in [-0.05, 0) is 26.8 Å².